The van der Waals surface area contributed by atoms with E-state index in [9.17, 15) is 0 Å². The van der Waals surface area contributed by atoms with E-state index >= 15 is 0 Å². The second-order valence-electron chi connectivity index (χ2n) is 4.31. The van der Waals surface area contributed by atoms with E-state index in [4.69, 9.17) is 10.6 Å². The molecule has 1 aromatic heterocycles. The zero-order valence-corrected chi connectivity index (χ0v) is 13.2. The summed E-state index contributed by atoms with van der Waals surface area (Å²) >= 11 is 5.30. The molecule has 20 heavy (non-hydrogen) atoms. The van der Waals surface area contributed by atoms with Crippen molar-refractivity contribution >= 4 is 33.5 Å². The molecule has 7 heteroatoms. The summed E-state index contributed by atoms with van der Waals surface area (Å²) in [7, 11) is 1.64. The number of hydrogen-bond donors (Lipinski definition) is 2. The predicted molar refractivity (Wildman–Crippen MR) is 84.5 cm³/mol. The van der Waals surface area contributed by atoms with Crippen LogP contribution in [0.3, 0.4) is 0 Å². The van der Waals surface area contributed by atoms with Crippen LogP contribution in [0, 0.1) is 0 Å². The van der Waals surface area contributed by atoms with Crippen LogP contribution in [-0.2, 0) is 11.5 Å². The number of benzene rings is 1. The van der Waals surface area contributed by atoms with Gasteiger partial charge in [-0.1, -0.05) is 0 Å². The van der Waals surface area contributed by atoms with Crippen LogP contribution in [0.1, 0.15) is 11.3 Å². The number of nitrogens with two attached hydrogens (primary N) is 1. The zero-order chi connectivity index (χ0) is 14.1. The van der Waals surface area contributed by atoms with Gasteiger partial charge in [-0.3, -0.25) is 0 Å². The molecule has 104 valence electrons. The number of anilines is 1. The standard InChI is InChI=1S/C13H13BrN4OS/c1-19-11-3-2-7(4-9(11)14)12-16-10-6-20-5-8(10)13(17-12)18-15/h2-4H,5-6,15H2,1H3,(H,16,17,18). The second-order valence-corrected chi connectivity index (χ2v) is 6.15. The first-order valence-corrected chi connectivity index (χ1v) is 7.95. The summed E-state index contributed by atoms with van der Waals surface area (Å²) in [6.07, 6.45) is 0. The van der Waals surface area contributed by atoms with E-state index in [2.05, 4.69) is 31.3 Å². The molecule has 0 aliphatic carbocycles. The predicted octanol–water partition coefficient (Wildman–Crippen LogP) is 2.95. The lowest BCUT2D eigenvalue weighted by molar-refractivity contribution is 0.412. The van der Waals surface area contributed by atoms with Gasteiger partial charge in [0.05, 0.1) is 17.3 Å². The third-order valence-corrected chi connectivity index (χ3v) is 4.71. The average molecular weight is 353 g/mol. The summed E-state index contributed by atoms with van der Waals surface area (Å²) in [5.41, 5.74) is 5.76. The molecule has 0 saturated heterocycles. The minimum Gasteiger partial charge on any atom is -0.496 e. The van der Waals surface area contributed by atoms with Gasteiger partial charge in [-0.25, -0.2) is 15.8 Å². The fourth-order valence-corrected chi connectivity index (χ4v) is 3.69. The van der Waals surface area contributed by atoms with Gasteiger partial charge in [0.1, 0.15) is 11.6 Å². The fraction of sp³-hybridized carbons (Fsp3) is 0.231. The zero-order valence-electron chi connectivity index (χ0n) is 10.8. The van der Waals surface area contributed by atoms with Crippen molar-refractivity contribution in [2.24, 2.45) is 5.84 Å². The monoisotopic (exact) mass is 352 g/mol. The Morgan fingerprint density at radius 3 is 2.90 bits per heavy atom. The van der Waals surface area contributed by atoms with Crippen molar-refractivity contribution < 1.29 is 4.74 Å². The summed E-state index contributed by atoms with van der Waals surface area (Å²) < 4.78 is 6.10. The Balaban J connectivity index is 2.08. The van der Waals surface area contributed by atoms with Gasteiger partial charge in [-0.15, -0.1) is 0 Å². The van der Waals surface area contributed by atoms with Gasteiger partial charge in [-0.05, 0) is 34.1 Å². The fourth-order valence-electron chi connectivity index (χ4n) is 2.11. The normalized spacial score (nSPS) is 13.2. The molecule has 0 atom stereocenters. The number of ether oxygens (including phenoxy) is 1. The highest BCUT2D eigenvalue weighted by Gasteiger charge is 2.20. The number of rotatable bonds is 3. The van der Waals surface area contributed by atoms with Crippen LogP contribution in [0.2, 0.25) is 0 Å². The van der Waals surface area contributed by atoms with E-state index in [1.807, 2.05) is 30.0 Å². The quantitative estimate of drug-likeness (QED) is 0.653. The Morgan fingerprint density at radius 2 is 2.20 bits per heavy atom. The Labute approximate surface area is 129 Å². The van der Waals surface area contributed by atoms with E-state index in [0.717, 1.165) is 38.5 Å². The summed E-state index contributed by atoms with van der Waals surface area (Å²) in [6.45, 7) is 0. The maximum absolute atomic E-state index is 5.57. The summed E-state index contributed by atoms with van der Waals surface area (Å²) in [5, 5.41) is 0. The number of fused-ring (bicyclic) bond motifs is 1. The molecule has 0 bridgehead atoms. The van der Waals surface area contributed by atoms with Crippen LogP contribution in [0.15, 0.2) is 22.7 Å². The van der Waals surface area contributed by atoms with Gasteiger partial charge in [0.15, 0.2) is 5.82 Å². The summed E-state index contributed by atoms with van der Waals surface area (Å²) in [4.78, 5) is 9.15. The lowest BCUT2D eigenvalue weighted by atomic mass is 10.2. The van der Waals surface area contributed by atoms with E-state index < -0.39 is 0 Å². The molecule has 1 aliphatic rings. The van der Waals surface area contributed by atoms with Gasteiger partial charge in [0.25, 0.3) is 0 Å². The lowest BCUT2D eigenvalue weighted by Gasteiger charge is -2.10. The molecule has 0 spiro atoms. The van der Waals surface area contributed by atoms with Gasteiger partial charge < -0.3 is 10.2 Å². The Hall–Kier alpha value is -1.31. The van der Waals surface area contributed by atoms with Crippen molar-refractivity contribution in [3.05, 3.63) is 33.9 Å². The maximum Gasteiger partial charge on any atom is 0.161 e. The summed E-state index contributed by atoms with van der Waals surface area (Å²) in [5.74, 6) is 9.53. The van der Waals surface area contributed by atoms with Crippen LogP contribution in [-0.4, -0.2) is 17.1 Å². The maximum atomic E-state index is 5.57. The first kappa shape index (κ1) is 13.7. The first-order valence-electron chi connectivity index (χ1n) is 6.01. The number of hydrogen-bond acceptors (Lipinski definition) is 6. The van der Waals surface area contributed by atoms with E-state index in [1.54, 1.807) is 7.11 Å². The number of aromatic nitrogens is 2. The molecule has 3 N–H and O–H groups in total. The van der Waals surface area contributed by atoms with Crippen LogP contribution >= 0.6 is 27.7 Å². The molecule has 1 aromatic carbocycles. The highest BCUT2D eigenvalue weighted by molar-refractivity contribution is 9.10. The molecule has 3 rings (SSSR count). The molecule has 0 amide bonds. The number of nitrogen functional groups attached to an aromatic ring is 1. The van der Waals surface area contributed by atoms with Crippen molar-refractivity contribution in [1.82, 2.24) is 9.97 Å². The average Bonchev–Trinajstić information content (AvgIpc) is 2.94. The minimum atomic E-state index is 0.669. The molecular formula is C13H13BrN4OS. The van der Waals surface area contributed by atoms with E-state index in [1.165, 1.54) is 0 Å². The van der Waals surface area contributed by atoms with Crippen molar-refractivity contribution in [3.63, 3.8) is 0 Å². The number of hydrazine groups is 1. The molecular weight excluding hydrogens is 340 g/mol. The number of nitrogens with zero attached hydrogens (tertiary/aromatic N) is 2. The highest BCUT2D eigenvalue weighted by atomic mass is 79.9. The lowest BCUT2D eigenvalue weighted by Crippen LogP contribution is -2.12. The molecule has 2 heterocycles. The van der Waals surface area contributed by atoms with Gasteiger partial charge >= 0.3 is 0 Å². The molecule has 0 radical (unpaired) electrons. The molecule has 0 saturated carbocycles. The van der Waals surface area contributed by atoms with Crippen LogP contribution in [0.25, 0.3) is 11.4 Å². The molecule has 1 aliphatic heterocycles. The minimum absolute atomic E-state index is 0.669. The van der Waals surface area contributed by atoms with Crippen molar-refractivity contribution in [3.8, 4) is 17.1 Å². The smallest absolute Gasteiger partial charge is 0.161 e. The van der Waals surface area contributed by atoms with Crippen LogP contribution in [0.5, 0.6) is 5.75 Å². The number of nitrogens with one attached hydrogen (secondary N) is 1. The van der Waals surface area contributed by atoms with Crippen LogP contribution in [0.4, 0.5) is 5.82 Å². The van der Waals surface area contributed by atoms with Crippen LogP contribution < -0.4 is 16.0 Å². The van der Waals surface area contributed by atoms with Gasteiger partial charge in [0.2, 0.25) is 0 Å². The van der Waals surface area contributed by atoms with Crippen molar-refractivity contribution in [2.75, 3.05) is 12.5 Å². The topological polar surface area (TPSA) is 73.1 Å². The number of methoxy groups -OCH3 is 1. The van der Waals surface area contributed by atoms with E-state index in [-0.39, 0.29) is 0 Å². The first-order chi connectivity index (χ1) is 9.72. The van der Waals surface area contributed by atoms with Gasteiger partial charge in [-0.2, -0.15) is 11.8 Å². The largest absolute Gasteiger partial charge is 0.496 e. The number of halogens is 1. The molecule has 5 nitrogen and oxygen atoms in total. The highest BCUT2D eigenvalue weighted by Crippen LogP contribution is 2.35. The van der Waals surface area contributed by atoms with E-state index in [0.29, 0.717) is 11.6 Å². The molecule has 0 unspecified atom stereocenters. The third-order valence-electron chi connectivity index (χ3n) is 3.12. The Morgan fingerprint density at radius 1 is 1.35 bits per heavy atom. The Kier molecular flexibility index (Phi) is 3.82. The number of thioether (sulfide) groups is 1. The molecule has 0 fully saturated rings. The summed E-state index contributed by atoms with van der Waals surface area (Å²) in [6, 6.07) is 5.77. The van der Waals surface area contributed by atoms with Gasteiger partial charge in [0, 0.05) is 22.6 Å². The molecule has 2 aromatic rings. The third kappa shape index (κ3) is 2.36. The van der Waals surface area contributed by atoms with Crippen molar-refractivity contribution in [1.29, 1.82) is 0 Å². The SMILES string of the molecule is COc1ccc(-c2nc3c(c(NN)n2)CSC3)cc1Br. The Bertz CT molecular complexity index is 665. The second kappa shape index (κ2) is 5.59. The van der Waals surface area contributed by atoms with Crippen molar-refractivity contribution in [2.45, 2.75) is 11.5 Å².